The number of hydrogen-bond acceptors (Lipinski definition) is 3. The second kappa shape index (κ2) is 4.51. The minimum absolute atomic E-state index is 0.281. The van der Waals surface area contributed by atoms with Gasteiger partial charge in [0, 0.05) is 6.20 Å². The van der Waals surface area contributed by atoms with Crippen molar-refractivity contribution in [2.75, 3.05) is 5.73 Å². The third kappa shape index (κ3) is 2.24. The number of halogens is 2. The zero-order valence-electron chi connectivity index (χ0n) is 9.85. The summed E-state index contributed by atoms with van der Waals surface area (Å²) >= 11 is 5.86. The lowest BCUT2D eigenvalue weighted by atomic mass is 10.2. The Kier molecular flexibility index (Phi) is 2.83. The highest BCUT2D eigenvalue weighted by Gasteiger charge is 2.10. The Bertz CT molecular complexity index is 753. The number of benzene rings is 1. The normalized spacial score (nSPS) is 11.1. The first kappa shape index (κ1) is 11.9. The molecule has 0 amide bonds. The summed E-state index contributed by atoms with van der Waals surface area (Å²) in [5.74, 6) is 0.0468. The van der Waals surface area contributed by atoms with E-state index >= 15 is 0 Å². The van der Waals surface area contributed by atoms with E-state index in [4.69, 9.17) is 17.3 Å². The lowest BCUT2D eigenvalue weighted by Crippen LogP contribution is -2.05. The second-order valence-electron chi connectivity index (χ2n) is 4.18. The average Bonchev–Trinajstić information content (AvgIpc) is 2.65. The van der Waals surface area contributed by atoms with Crippen LogP contribution in [-0.4, -0.2) is 14.5 Å². The van der Waals surface area contributed by atoms with E-state index in [0.717, 1.165) is 5.56 Å². The highest BCUT2D eigenvalue weighted by atomic mass is 35.5. The van der Waals surface area contributed by atoms with Crippen molar-refractivity contribution in [3.05, 3.63) is 52.9 Å². The Morgan fingerprint density at radius 1 is 1.32 bits per heavy atom. The number of imidazole rings is 1. The fraction of sp³-hybridized carbons (Fsp3) is 0.0769. The van der Waals surface area contributed by atoms with Crippen LogP contribution in [0.1, 0.15) is 5.56 Å². The molecule has 3 rings (SSSR count). The van der Waals surface area contributed by atoms with Crippen molar-refractivity contribution in [1.82, 2.24) is 14.5 Å². The summed E-state index contributed by atoms with van der Waals surface area (Å²) in [6, 6.07) is 8.04. The fourth-order valence-electron chi connectivity index (χ4n) is 1.98. The molecule has 0 saturated heterocycles. The monoisotopic (exact) mass is 276 g/mol. The molecule has 4 nitrogen and oxygen atoms in total. The standard InChI is InChI=1S/C13H10ClFN4/c14-9-5-11-12(17-6-9)19(13(16)18-11)7-8-2-1-3-10(15)4-8/h1-6H,7H2,(H2,16,18). The molecule has 6 heteroatoms. The molecular formula is C13H10ClFN4. The molecule has 0 aliphatic carbocycles. The minimum atomic E-state index is -0.281. The van der Waals surface area contributed by atoms with Crippen LogP contribution in [-0.2, 0) is 6.54 Å². The zero-order chi connectivity index (χ0) is 13.4. The molecule has 0 aliphatic heterocycles. The molecule has 2 N–H and O–H groups in total. The maximum Gasteiger partial charge on any atom is 0.202 e. The molecule has 0 atom stereocenters. The van der Waals surface area contributed by atoms with Gasteiger partial charge in [0.2, 0.25) is 5.95 Å². The third-order valence-electron chi connectivity index (χ3n) is 2.81. The fourth-order valence-corrected chi connectivity index (χ4v) is 2.13. The first-order chi connectivity index (χ1) is 9.13. The summed E-state index contributed by atoms with van der Waals surface area (Å²) in [6.07, 6.45) is 1.53. The van der Waals surface area contributed by atoms with Crippen LogP contribution in [0, 0.1) is 5.82 Å². The van der Waals surface area contributed by atoms with Crippen molar-refractivity contribution in [1.29, 1.82) is 0 Å². The topological polar surface area (TPSA) is 56.7 Å². The van der Waals surface area contributed by atoms with Crippen LogP contribution < -0.4 is 5.73 Å². The summed E-state index contributed by atoms with van der Waals surface area (Å²) < 4.78 is 14.9. The van der Waals surface area contributed by atoms with Gasteiger partial charge < -0.3 is 5.73 Å². The van der Waals surface area contributed by atoms with Crippen LogP contribution in [0.25, 0.3) is 11.2 Å². The summed E-state index contributed by atoms with van der Waals surface area (Å²) in [6.45, 7) is 0.411. The zero-order valence-corrected chi connectivity index (χ0v) is 10.6. The molecule has 3 aromatic rings. The number of anilines is 1. The van der Waals surface area contributed by atoms with E-state index in [1.54, 1.807) is 16.7 Å². The van der Waals surface area contributed by atoms with Crippen LogP contribution >= 0.6 is 11.6 Å². The highest BCUT2D eigenvalue weighted by Crippen LogP contribution is 2.20. The smallest absolute Gasteiger partial charge is 0.202 e. The van der Waals surface area contributed by atoms with E-state index in [2.05, 4.69) is 9.97 Å². The molecule has 0 bridgehead atoms. The largest absolute Gasteiger partial charge is 0.369 e. The molecule has 96 valence electrons. The lowest BCUT2D eigenvalue weighted by molar-refractivity contribution is 0.624. The van der Waals surface area contributed by atoms with Gasteiger partial charge in [-0.05, 0) is 23.8 Å². The quantitative estimate of drug-likeness (QED) is 0.783. The molecule has 1 aromatic carbocycles. The highest BCUT2D eigenvalue weighted by molar-refractivity contribution is 6.31. The summed E-state index contributed by atoms with van der Waals surface area (Å²) in [7, 11) is 0. The molecular weight excluding hydrogens is 267 g/mol. The molecule has 0 fully saturated rings. The van der Waals surface area contributed by atoms with Gasteiger partial charge in [-0.1, -0.05) is 23.7 Å². The van der Waals surface area contributed by atoms with Crippen molar-refractivity contribution >= 4 is 28.7 Å². The number of pyridine rings is 1. The summed E-state index contributed by atoms with van der Waals surface area (Å²) in [4.78, 5) is 8.41. The van der Waals surface area contributed by atoms with E-state index in [1.807, 2.05) is 6.07 Å². The van der Waals surface area contributed by atoms with Crippen LogP contribution in [0.2, 0.25) is 5.02 Å². The predicted octanol–water partition coefficient (Wildman–Crippen LogP) is 2.85. The SMILES string of the molecule is Nc1nc2cc(Cl)cnc2n1Cc1cccc(F)c1. The van der Waals surface area contributed by atoms with Gasteiger partial charge in [-0.25, -0.2) is 14.4 Å². The summed E-state index contributed by atoms with van der Waals surface area (Å²) in [5.41, 5.74) is 7.92. The van der Waals surface area contributed by atoms with Crippen LogP contribution in [0.5, 0.6) is 0 Å². The molecule has 19 heavy (non-hydrogen) atoms. The summed E-state index contributed by atoms with van der Waals surface area (Å²) in [5, 5.41) is 0.503. The van der Waals surface area contributed by atoms with Gasteiger partial charge in [-0.2, -0.15) is 0 Å². The number of fused-ring (bicyclic) bond motifs is 1. The number of rotatable bonds is 2. The predicted molar refractivity (Wildman–Crippen MR) is 72.5 cm³/mol. The van der Waals surface area contributed by atoms with Crippen LogP contribution in [0.4, 0.5) is 10.3 Å². The van der Waals surface area contributed by atoms with Crippen LogP contribution in [0.15, 0.2) is 36.5 Å². The number of nitrogens with zero attached hydrogens (tertiary/aromatic N) is 3. The maximum absolute atomic E-state index is 13.2. The molecule has 2 aromatic heterocycles. The minimum Gasteiger partial charge on any atom is -0.369 e. The first-order valence-electron chi connectivity index (χ1n) is 5.65. The Balaban J connectivity index is 2.07. The Morgan fingerprint density at radius 2 is 2.16 bits per heavy atom. The van der Waals surface area contributed by atoms with Gasteiger partial charge in [-0.3, -0.25) is 4.57 Å². The Labute approximate surface area is 113 Å². The second-order valence-corrected chi connectivity index (χ2v) is 4.62. The van der Waals surface area contributed by atoms with Crippen molar-refractivity contribution in [3.63, 3.8) is 0 Å². The first-order valence-corrected chi connectivity index (χ1v) is 6.03. The number of nitrogens with two attached hydrogens (primary N) is 1. The molecule has 0 saturated carbocycles. The van der Waals surface area contributed by atoms with E-state index in [-0.39, 0.29) is 5.82 Å². The van der Waals surface area contributed by atoms with Crippen molar-refractivity contribution in [3.8, 4) is 0 Å². The van der Waals surface area contributed by atoms with Gasteiger partial charge in [0.1, 0.15) is 11.3 Å². The molecule has 0 unspecified atom stereocenters. The molecule has 2 heterocycles. The average molecular weight is 277 g/mol. The van der Waals surface area contributed by atoms with Gasteiger partial charge in [0.25, 0.3) is 0 Å². The van der Waals surface area contributed by atoms with Crippen molar-refractivity contribution in [2.45, 2.75) is 6.54 Å². The van der Waals surface area contributed by atoms with Crippen molar-refractivity contribution in [2.24, 2.45) is 0 Å². The Hall–Kier alpha value is -2.14. The Morgan fingerprint density at radius 3 is 2.95 bits per heavy atom. The van der Waals surface area contributed by atoms with E-state index in [9.17, 15) is 4.39 Å². The third-order valence-corrected chi connectivity index (χ3v) is 3.02. The number of nitrogen functional groups attached to an aromatic ring is 1. The molecule has 0 radical (unpaired) electrons. The molecule has 0 spiro atoms. The lowest BCUT2D eigenvalue weighted by Gasteiger charge is -2.06. The van der Waals surface area contributed by atoms with E-state index in [1.165, 1.54) is 18.3 Å². The number of aromatic nitrogens is 3. The van der Waals surface area contributed by atoms with Gasteiger partial charge in [0.05, 0.1) is 11.6 Å². The van der Waals surface area contributed by atoms with E-state index < -0.39 is 0 Å². The van der Waals surface area contributed by atoms with Gasteiger partial charge in [-0.15, -0.1) is 0 Å². The van der Waals surface area contributed by atoms with E-state index in [0.29, 0.717) is 28.7 Å². The number of hydrogen-bond donors (Lipinski definition) is 1. The van der Waals surface area contributed by atoms with Gasteiger partial charge >= 0.3 is 0 Å². The maximum atomic E-state index is 13.2. The molecule has 0 aliphatic rings. The van der Waals surface area contributed by atoms with Crippen molar-refractivity contribution < 1.29 is 4.39 Å². The van der Waals surface area contributed by atoms with Crippen LogP contribution in [0.3, 0.4) is 0 Å². The van der Waals surface area contributed by atoms with Gasteiger partial charge in [0.15, 0.2) is 5.65 Å².